The number of carbonyl (C=O) groups excluding carboxylic acids is 1. The van der Waals surface area contributed by atoms with Crippen LogP contribution in [-0.2, 0) is 47.7 Å². The van der Waals surface area contributed by atoms with Gasteiger partial charge in [-0.2, -0.15) is 18.3 Å². The summed E-state index contributed by atoms with van der Waals surface area (Å²) in [7, 11) is 2.94. The fourth-order valence-corrected chi connectivity index (χ4v) is 5.21. The van der Waals surface area contributed by atoms with Crippen molar-refractivity contribution in [3.63, 3.8) is 0 Å². The van der Waals surface area contributed by atoms with Crippen molar-refractivity contribution in [2.45, 2.75) is 31.2 Å². The van der Waals surface area contributed by atoms with Gasteiger partial charge in [0.05, 0.1) is 30.4 Å². The molecule has 43 heavy (non-hydrogen) atoms. The zero-order chi connectivity index (χ0) is 30.5. The molecule has 5 rings (SSSR count). The van der Waals surface area contributed by atoms with Gasteiger partial charge >= 0.3 is 12.1 Å². The summed E-state index contributed by atoms with van der Waals surface area (Å²) in [5.41, 5.74) is 1.23. The van der Waals surface area contributed by atoms with Gasteiger partial charge in [0, 0.05) is 13.5 Å². The lowest BCUT2D eigenvalue weighted by atomic mass is 9.67. The second kappa shape index (κ2) is 12.6. The van der Waals surface area contributed by atoms with Crippen LogP contribution < -0.4 is 0 Å². The quantitative estimate of drug-likeness (QED) is 0.141. The highest BCUT2D eigenvalue weighted by molar-refractivity contribution is 5.90. The van der Waals surface area contributed by atoms with Crippen LogP contribution in [0.2, 0.25) is 0 Å². The largest absolute Gasteiger partial charge is 0.465 e. The molecule has 0 spiro atoms. The third kappa shape index (κ3) is 6.34. The van der Waals surface area contributed by atoms with E-state index in [1.807, 2.05) is 54.6 Å². The van der Waals surface area contributed by atoms with Gasteiger partial charge in [-0.05, 0) is 28.8 Å². The van der Waals surface area contributed by atoms with Crippen molar-refractivity contribution in [1.82, 2.24) is 19.7 Å². The van der Waals surface area contributed by atoms with E-state index in [2.05, 4.69) is 46.5 Å². The van der Waals surface area contributed by atoms with Gasteiger partial charge in [-0.1, -0.05) is 91.0 Å². The van der Waals surface area contributed by atoms with Crippen molar-refractivity contribution in [1.29, 1.82) is 0 Å². The SMILES string of the molecule is COC(=O)c1ccc(C(F)(F)F)nc1COCc1nc(CC(c2ccccc2)(c2ccccc2)c2ccccc2)n(C)n1. The van der Waals surface area contributed by atoms with Crippen molar-refractivity contribution in [3.8, 4) is 0 Å². The molecular formula is C33H29F3N4O3. The summed E-state index contributed by atoms with van der Waals surface area (Å²) in [5, 5.41) is 4.53. The molecule has 0 aliphatic rings. The zero-order valence-electron chi connectivity index (χ0n) is 23.6. The van der Waals surface area contributed by atoms with E-state index in [-0.39, 0.29) is 24.5 Å². The molecule has 0 aliphatic carbocycles. The predicted molar refractivity (Wildman–Crippen MR) is 153 cm³/mol. The van der Waals surface area contributed by atoms with E-state index in [1.54, 1.807) is 11.7 Å². The van der Waals surface area contributed by atoms with Crippen molar-refractivity contribution in [2.24, 2.45) is 7.05 Å². The average Bonchev–Trinajstić information content (AvgIpc) is 3.38. The Bertz CT molecular complexity index is 1580. The van der Waals surface area contributed by atoms with E-state index in [0.717, 1.165) is 35.9 Å². The van der Waals surface area contributed by atoms with Gasteiger partial charge in [0.2, 0.25) is 0 Å². The summed E-state index contributed by atoms with van der Waals surface area (Å²) in [6.07, 6.45) is -4.21. The maximum absolute atomic E-state index is 13.3. The number of aromatic nitrogens is 4. The molecule has 0 N–H and O–H groups in total. The van der Waals surface area contributed by atoms with E-state index in [4.69, 9.17) is 14.5 Å². The van der Waals surface area contributed by atoms with Crippen LogP contribution >= 0.6 is 0 Å². The standard InChI is InChI=1S/C33H29F3N4O3/c1-40-30(38-29(39-40)22-43-21-27-26(31(41)42-2)18-19-28(37-27)33(34,35)36)20-32(23-12-6-3-7-13-23,24-14-8-4-9-15-24)25-16-10-5-11-17-25/h3-19H,20-22H2,1-2H3. The summed E-state index contributed by atoms with van der Waals surface area (Å²) < 4.78 is 51.9. The van der Waals surface area contributed by atoms with Gasteiger partial charge in [0.25, 0.3) is 0 Å². The average molecular weight is 587 g/mol. The zero-order valence-corrected chi connectivity index (χ0v) is 23.6. The number of halogens is 3. The van der Waals surface area contributed by atoms with Crippen molar-refractivity contribution in [3.05, 3.63) is 148 Å². The van der Waals surface area contributed by atoms with E-state index in [1.165, 1.54) is 0 Å². The molecule has 0 saturated heterocycles. The van der Waals surface area contributed by atoms with Gasteiger partial charge in [-0.15, -0.1) is 0 Å². The number of pyridine rings is 1. The minimum atomic E-state index is -4.68. The topological polar surface area (TPSA) is 79.1 Å². The summed E-state index contributed by atoms with van der Waals surface area (Å²) in [5.74, 6) is 0.215. The fraction of sp³-hybridized carbons (Fsp3) is 0.212. The molecule has 2 heterocycles. The molecule has 0 saturated carbocycles. The number of hydrogen-bond acceptors (Lipinski definition) is 6. The highest BCUT2D eigenvalue weighted by atomic mass is 19.4. The first-order chi connectivity index (χ1) is 20.7. The molecule has 0 bridgehead atoms. The molecule has 0 unspecified atom stereocenters. The van der Waals surface area contributed by atoms with Crippen LogP contribution in [0, 0.1) is 0 Å². The molecule has 0 atom stereocenters. The Kier molecular flexibility index (Phi) is 8.68. The molecule has 0 radical (unpaired) electrons. The fourth-order valence-electron chi connectivity index (χ4n) is 5.21. The van der Waals surface area contributed by atoms with Gasteiger partial charge in [0.15, 0.2) is 5.82 Å². The normalized spacial score (nSPS) is 11.8. The van der Waals surface area contributed by atoms with Crippen LogP contribution in [0.15, 0.2) is 103 Å². The number of alkyl halides is 3. The van der Waals surface area contributed by atoms with E-state index < -0.39 is 23.3 Å². The first-order valence-corrected chi connectivity index (χ1v) is 13.5. The van der Waals surface area contributed by atoms with Gasteiger partial charge in [-0.3, -0.25) is 4.68 Å². The third-order valence-electron chi connectivity index (χ3n) is 7.26. The number of rotatable bonds is 10. The van der Waals surface area contributed by atoms with Gasteiger partial charge < -0.3 is 9.47 Å². The maximum atomic E-state index is 13.3. The lowest BCUT2D eigenvalue weighted by molar-refractivity contribution is -0.141. The maximum Gasteiger partial charge on any atom is 0.433 e. The summed E-state index contributed by atoms with van der Waals surface area (Å²) in [4.78, 5) is 20.5. The summed E-state index contributed by atoms with van der Waals surface area (Å²) in [6, 6.07) is 32.4. The Labute approximate surface area is 247 Å². The Morgan fingerprint density at radius 3 is 1.79 bits per heavy atom. The minimum Gasteiger partial charge on any atom is -0.465 e. The number of carbonyl (C=O) groups is 1. The molecule has 0 fully saturated rings. The number of ether oxygens (including phenoxy) is 2. The van der Waals surface area contributed by atoms with E-state index >= 15 is 0 Å². The smallest absolute Gasteiger partial charge is 0.433 e. The molecular weight excluding hydrogens is 557 g/mol. The summed E-state index contributed by atoms with van der Waals surface area (Å²) in [6.45, 7) is -0.481. The highest BCUT2D eigenvalue weighted by Gasteiger charge is 2.38. The van der Waals surface area contributed by atoms with E-state index in [0.29, 0.717) is 18.1 Å². The Hall–Kier alpha value is -4.83. The number of hydrogen-bond donors (Lipinski definition) is 0. The molecule has 5 aromatic rings. The monoisotopic (exact) mass is 586 g/mol. The third-order valence-corrected chi connectivity index (χ3v) is 7.26. The number of methoxy groups -OCH3 is 1. The Morgan fingerprint density at radius 2 is 1.30 bits per heavy atom. The van der Waals surface area contributed by atoms with Crippen LogP contribution in [0.4, 0.5) is 13.2 Å². The van der Waals surface area contributed by atoms with Crippen LogP contribution in [0.1, 0.15) is 50.1 Å². The predicted octanol–water partition coefficient (Wildman–Crippen LogP) is 6.31. The number of esters is 1. The molecule has 7 nitrogen and oxygen atoms in total. The molecule has 0 amide bonds. The number of nitrogens with zero attached hydrogens (tertiary/aromatic N) is 4. The molecule has 0 aliphatic heterocycles. The Balaban J connectivity index is 1.45. The number of aryl methyl sites for hydroxylation is 1. The van der Waals surface area contributed by atoms with Crippen LogP contribution in [0.25, 0.3) is 0 Å². The lowest BCUT2D eigenvalue weighted by Gasteiger charge is -2.35. The van der Waals surface area contributed by atoms with Crippen molar-refractivity contribution >= 4 is 5.97 Å². The molecule has 10 heteroatoms. The van der Waals surface area contributed by atoms with Crippen molar-refractivity contribution in [2.75, 3.05) is 7.11 Å². The highest BCUT2D eigenvalue weighted by Crippen LogP contribution is 2.41. The van der Waals surface area contributed by atoms with Crippen molar-refractivity contribution < 1.29 is 27.4 Å². The minimum absolute atomic E-state index is 0.108. The molecule has 220 valence electrons. The molecule has 2 aromatic heterocycles. The number of benzene rings is 3. The van der Waals surface area contributed by atoms with Gasteiger partial charge in [-0.25, -0.2) is 14.8 Å². The van der Waals surface area contributed by atoms with Gasteiger partial charge in [0.1, 0.15) is 18.1 Å². The second-order valence-corrected chi connectivity index (χ2v) is 9.92. The van der Waals surface area contributed by atoms with Crippen LogP contribution in [-0.4, -0.2) is 32.8 Å². The first kappa shape index (κ1) is 29.7. The van der Waals surface area contributed by atoms with E-state index in [9.17, 15) is 18.0 Å². The van der Waals surface area contributed by atoms with Crippen LogP contribution in [0.5, 0.6) is 0 Å². The van der Waals surface area contributed by atoms with Crippen LogP contribution in [0.3, 0.4) is 0 Å². The molecule has 3 aromatic carbocycles. The first-order valence-electron chi connectivity index (χ1n) is 13.5. The summed E-state index contributed by atoms with van der Waals surface area (Å²) >= 11 is 0. The lowest BCUT2D eigenvalue weighted by Crippen LogP contribution is -2.33. The Morgan fingerprint density at radius 1 is 0.767 bits per heavy atom. The second-order valence-electron chi connectivity index (χ2n) is 9.92.